The second kappa shape index (κ2) is 7.56. The minimum Gasteiger partial charge on any atom is -0.383 e. The molecule has 2 rings (SSSR count). The Hall–Kier alpha value is -2.24. The van der Waals surface area contributed by atoms with Gasteiger partial charge in [0.15, 0.2) is 4.90 Å². The van der Waals surface area contributed by atoms with Crippen LogP contribution in [-0.2, 0) is 20.0 Å². The molecule has 0 aliphatic rings. The first-order valence-electron chi connectivity index (χ1n) is 7.44. The van der Waals surface area contributed by atoms with Crippen molar-refractivity contribution in [2.24, 2.45) is 5.14 Å². The van der Waals surface area contributed by atoms with Gasteiger partial charge in [0, 0.05) is 6.54 Å². The van der Waals surface area contributed by atoms with Gasteiger partial charge in [-0.15, -0.1) is 0 Å². The van der Waals surface area contributed by atoms with Crippen molar-refractivity contribution < 1.29 is 25.6 Å². The van der Waals surface area contributed by atoms with Gasteiger partial charge in [0.2, 0.25) is 10.0 Å². The van der Waals surface area contributed by atoms with Crippen LogP contribution in [0.1, 0.15) is 13.3 Å². The number of sulfonamides is 2. The first-order valence-corrected chi connectivity index (χ1v) is 10.5. The molecule has 0 spiro atoms. The summed E-state index contributed by atoms with van der Waals surface area (Å²) < 4.78 is 77.6. The molecule has 2 aromatic rings. The zero-order valence-electron chi connectivity index (χ0n) is 13.7. The SMILES string of the molecule is CCCNc1ccc(S(N)(=O)=O)cc1NS(=O)(=O)c1c(F)cccc1F. The van der Waals surface area contributed by atoms with Crippen LogP contribution < -0.4 is 15.2 Å². The molecule has 26 heavy (non-hydrogen) atoms. The number of hydrogen-bond donors (Lipinski definition) is 3. The summed E-state index contributed by atoms with van der Waals surface area (Å²) in [6.45, 7) is 2.32. The summed E-state index contributed by atoms with van der Waals surface area (Å²) in [5.41, 5.74) is 0.0344. The normalized spacial score (nSPS) is 12.0. The van der Waals surface area contributed by atoms with Gasteiger partial charge in [0.05, 0.1) is 16.3 Å². The van der Waals surface area contributed by atoms with Crippen LogP contribution >= 0.6 is 0 Å². The number of nitrogens with one attached hydrogen (secondary N) is 2. The highest BCUT2D eigenvalue weighted by Crippen LogP contribution is 2.29. The highest BCUT2D eigenvalue weighted by Gasteiger charge is 2.25. The van der Waals surface area contributed by atoms with E-state index in [1.54, 1.807) is 0 Å². The lowest BCUT2D eigenvalue weighted by molar-refractivity contribution is 0.521. The Labute approximate surface area is 150 Å². The molecule has 2 aromatic carbocycles. The van der Waals surface area contributed by atoms with Crippen LogP contribution in [-0.4, -0.2) is 23.4 Å². The largest absolute Gasteiger partial charge is 0.383 e. The van der Waals surface area contributed by atoms with E-state index in [1.807, 2.05) is 11.6 Å². The predicted octanol–water partition coefficient (Wildman–Crippen LogP) is 2.23. The number of benzene rings is 2. The van der Waals surface area contributed by atoms with Crippen LogP contribution in [0.3, 0.4) is 0 Å². The number of hydrogen-bond acceptors (Lipinski definition) is 5. The van der Waals surface area contributed by atoms with Crippen molar-refractivity contribution >= 4 is 31.4 Å². The summed E-state index contributed by atoms with van der Waals surface area (Å²) in [6.07, 6.45) is 0.699. The Kier molecular flexibility index (Phi) is 5.84. The third-order valence-corrected chi connectivity index (χ3v) is 5.64. The molecular formula is C15H17F2N3O4S2. The van der Waals surface area contributed by atoms with E-state index in [0.29, 0.717) is 13.0 Å². The van der Waals surface area contributed by atoms with Crippen LogP contribution in [0.5, 0.6) is 0 Å². The summed E-state index contributed by atoms with van der Waals surface area (Å²) in [7, 11) is -8.77. The molecule has 0 saturated carbocycles. The van der Waals surface area contributed by atoms with Crippen molar-refractivity contribution in [1.82, 2.24) is 0 Å². The Bertz CT molecular complexity index is 1000. The van der Waals surface area contributed by atoms with Crippen LogP contribution in [0.25, 0.3) is 0 Å². The van der Waals surface area contributed by atoms with E-state index in [4.69, 9.17) is 5.14 Å². The fraction of sp³-hybridized carbons (Fsp3) is 0.200. The Morgan fingerprint density at radius 3 is 2.15 bits per heavy atom. The molecule has 0 aliphatic carbocycles. The third-order valence-electron chi connectivity index (χ3n) is 3.32. The van der Waals surface area contributed by atoms with Gasteiger partial charge in [-0.25, -0.2) is 30.8 Å². The van der Waals surface area contributed by atoms with Crippen LogP contribution in [0, 0.1) is 11.6 Å². The van der Waals surface area contributed by atoms with E-state index in [0.717, 1.165) is 24.3 Å². The quantitative estimate of drug-likeness (QED) is 0.653. The average Bonchev–Trinajstić information content (AvgIpc) is 2.52. The smallest absolute Gasteiger partial charge is 0.267 e. The molecule has 7 nitrogen and oxygen atoms in total. The van der Waals surface area contributed by atoms with Crippen molar-refractivity contribution in [2.45, 2.75) is 23.1 Å². The molecule has 0 fully saturated rings. The highest BCUT2D eigenvalue weighted by atomic mass is 32.2. The Morgan fingerprint density at radius 1 is 1.00 bits per heavy atom. The number of halogens is 2. The van der Waals surface area contributed by atoms with Gasteiger partial charge in [-0.1, -0.05) is 13.0 Å². The molecule has 0 radical (unpaired) electrons. The second-order valence-electron chi connectivity index (χ2n) is 5.34. The van der Waals surface area contributed by atoms with Gasteiger partial charge in [-0.05, 0) is 36.8 Å². The highest BCUT2D eigenvalue weighted by molar-refractivity contribution is 7.92. The number of nitrogens with two attached hydrogens (primary N) is 1. The summed E-state index contributed by atoms with van der Waals surface area (Å²) >= 11 is 0. The van der Waals surface area contributed by atoms with Crippen LogP contribution in [0.2, 0.25) is 0 Å². The van der Waals surface area contributed by atoms with E-state index in [-0.39, 0.29) is 16.3 Å². The maximum Gasteiger partial charge on any atom is 0.267 e. The predicted molar refractivity (Wildman–Crippen MR) is 93.8 cm³/mol. The van der Waals surface area contributed by atoms with E-state index >= 15 is 0 Å². The number of anilines is 2. The maximum absolute atomic E-state index is 13.8. The minimum atomic E-state index is -4.66. The molecule has 0 atom stereocenters. The van der Waals surface area contributed by atoms with Gasteiger partial charge in [0.25, 0.3) is 10.0 Å². The lowest BCUT2D eigenvalue weighted by atomic mass is 10.2. The van der Waals surface area contributed by atoms with E-state index < -0.39 is 36.6 Å². The van der Waals surface area contributed by atoms with Gasteiger partial charge >= 0.3 is 0 Å². The minimum absolute atomic E-state index is 0.201. The standard InChI is InChI=1S/C15H17F2N3O4S2/c1-2-8-19-13-7-6-10(25(18,21)22)9-14(13)20-26(23,24)15-11(16)4-3-5-12(15)17/h3-7,9,19-20H,2,8H2,1H3,(H2,18,21,22). The maximum atomic E-state index is 13.8. The van der Waals surface area contributed by atoms with Crippen molar-refractivity contribution in [1.29, 1.82) is 0 Å². The van der Waals surface area contributed by atoms with E-state index in [9.17, 15) is 25.6 Å². The zero-order chi connectivity index (χ0) is 19.5. The molecule has 142 valence electrons. The molecule has 4 N–H and O–H groups in total. The summed E-state index contributed by atoms with van der Waals surface area (Å²) in [4.78, 5) is -1.52. The van der Waals surface area contributed by atoms with Crippen molar-refractivity contribution in [3.8, 4) is 0 Å². The molecule has 0 amide bonds. The molecule has 0 aromatic heterocycles. The Morgan fingerprint density at radius 2 is 1.62 bits per heavy atom. The Balaban J connectivity index is 2.55. The monoisotopic (exact) mass is 405 g/mol. The topological polar surface area (TPSA) is 118 Å². The number of primary sulfonamides is 1. The van der Waals surface area contributed by atoms with E-state index in [1.165, 1.54) is 12.1 Å². The van der Waals surface area contributed by atoms with Crippen molar-refractivity contribution in [3.63, 3.8) is 0 Å². The van der Waals surface area contributed by atoms with Crippen LogP contribution in [0.4, 0.5) is 20.2 Å². The molecule has 0 bridgehead atoms. The lowest BCUT2D eigenvalue weighted by Gasteiger charge is -2.15. The molecular weight excluding hydrogens is 388 g/mol. The molecule has 11 heteroatoms. The molecule has 0 heterocycles. The van der Waals surface area contributed by atoms with Crippen molar-refractivity contribution in [3.05, 3.63) is 48.0 Å². The van der Waals surface area contributed by atoms with Crippen LogP contribution in [0.15, 0.2) is 46.2 Å². The van der Waals surface area contributed by atoms with Gasteiger partial charge in [-0.3, -0.25) is 4.72 Å². The van der Waals surface area contributed by atoms with Crippen molar-refractivity contribution in [2.75, 3.05) is 16.6 Å². The van der Waals surface area contributed by atoms with Gasteiger partial charge in [0.1, 0.15) is 11.6 Å². The number of rotatable bonds is 7. The van der Waals surface area contributed by atoms with Gasteiger partial charge in [-0.2, -0.15) is 0 Å². The summed E-state index contributed by atoms with van der Waals surface area (Å²) in [5, 5.41) is 7.95. The fourth-order valence-corrected chi connectivity index (χ4v) is 3.88. The third kappa shape index (κ3) is 4.48. The molecule has 0 aliphatic heterocycles. The average molecular weight is 405 g/mol. The summed E-state index contributed by atoms with van der Waals surface area (Å²) in [6, 6.07) is 6.10. The van der Waals surface area contributed by atoms with E-state index in [2.05, 4.69) is 5.32 Å². The first-order chi connectivity index (χ1) is 12.1. The lowest BCUT2D eigenvalue weighted by Crippen LogP contribution is -2.19. The fourth-order valence-electron chi connectivity index (χ4n) is 2.13. The van der Waals surface area contributed by atoms with Gasteiger partial charge < -0.3 is 5.32 Å². The molecule has 0 unspecified atom stereocenters. The first kappa shape index (κ1) is 20.1. The zero-order valence-corrected chi connectivity index (χ0v) is 15.3. The second-order valence-corrected chi connectivity index (χ2v) is 8.52. The molecule has 0 saturated heterocycles. The summed E-state index contributed by atoms with van der Waals surface area (Å²) in [5.74, 6) is -2.55.